The molecular weight excluding hydrogens is 214 g/mol. The van der Waals surface area contributed by atoms with Crippen molar-refractivity contribution in [3.63, 3.8) is 0 Å². The minimum atomic E-state index is 0.348. The van der Waals surface area contributed by atoms with Crippen LogP contribution in [-0.4, -0.2) is 60.5 Å². The smallest absolute Gasteiger partial charge is 0.224 e. The lowest BCUT2D eigenvalue weighted by Crippen LogP contribution is -2.50. The number of carbonyl (C=O) groups is 1. The molecule has 0 radical (unpaired) electrons. The highest BCUT2D eigenvalue weighted by Crippen LogP contribution is 2.17. The second-order valence-electron chi connectivity index (χ2n) is 5.42. The van der Waals surface area contributed by atoms with Gasteiger partial charge in [-0.15, -0.1) is 0 Å². The molecule has 0 bridgehead atoms. The third-order valence-corrected chi connectivity index (χ3v) is 4.13. The molecule has 1 N–H and O–H groups in total. The van der Waals surface area contributed by atoms with Crippen LogP contribution in [0.4, 0.5) is 0 Å². The first-order valence-electron chi connectivity index (χ1n) is 6.92. The minimum absolute atomic E-state index is 0.348. The van der Waals surface area contributed by atoms with Crippen molar-refractivity contribution in [3.8, 4) is 0 Å². The molecule has 2 heterocycles. The first kappa shape index (κ1) is 12.8. The summed E-state index contributed by atoms with van der Waals surface area (Å²) in [6.45, 7) is 9.46. The fraction of sp³-hybridized carbons (Fsp3) is 0.923. The summed E-state index contributed by atoms with van der Waals surface area (Å²) in [7, 11) is 0. The lowest BCUT2D eigenvalue weighted by atomic mass is 10.2. The fourth-order valence-electron chi connectivity index (χ4n) is 2.90. The number of nitrogens with zero attached hydrogens (tertiary/aromatic N) is 2. The number of rotatable bonds is 3. The highest BCUT2D eigenvalue weighted by atomic mass is 16.2. The molecule has 4 nitrogen and oxygen atoms in total. The van der Waals surface area contributed by atoms with Crippen LogP contribution in [0.3, 0.4) is 0 Å². The average Bonchev–Trinajstić information content (AvgIpc) is 2.74. The average molecular weight is 239 g/mol. The number of carbonyl (C=O) groups excluding carboxylic acids is 1. The zero-order valence-electron chi connectivity index (χ0n) is 11.1. The van der Waals surface area contributed by atoms with Gasteiger partial charge in [-0.3, -0.25) is 9.69 Å². The Hall–Kier alpha value is -0.610. The molecule has 2 aliphatic heterocycles. The summed E-state index contributed by atoms with van der Waals surface area (Å²) in [5.41, 5.74) is 0. The lowest BCUT2D eigenvalue weighted by molar-refractivity contribution is -0.132. The van der Waals surface area contributed by atoms with Crippen LogP contribution < -0.4 is 5.32 Å². The van der Waals surface area contributed by atoms with E-state index in [-0.39, 0.29) is 0 Å². The Labute approximate surface area is 104 Å². The molecule has 0 aromatic rings. The molecule has 0 aromatic carbocycles. The second-order valence-corrected chi connectivity index (χ2v) is 5.42. The zero-order chi connectivity index (χ0) is 12.3. The highest BCUT2D eigenvalue weighted by Gasteiger charge is 2.26. The first-order chi connectivity index (χ1) is 8.18. The number of hydrogen-bond acceptors (Lipinski definition) is 3. The van der Waals surface area contributed by atoms with E-state index < -0.39 is 0 Å². The van der Waals surface area contributed by atoms with Crippen molar-refractivity contribution in [1.82, 2.24) is 15.1 Å². The summed E-state index contributed by atoms with van der Waals surface area (Å²) in [5.74, 6) is 0.348. The van der Waals surface area contributed by atoms with Crippen LogP contribution in [0.25, 0.3) is 0 Å². The van der Waals surface area contributed by atoms with E-state index in [1.54, 1.807) is 0 Å². The molecule has 4 heteroatoms. The Morgan fingerprint density at radius 2 is 2.12 bits per heavy atom. The Morgan fingerprint density at radius 1 is 1.29 bits per heavy atom. The van der Waals surface area contributed by atoms with E-state index in [0.717, 1.165) is 32.7 Å². The normalized spacial score (nSPS) is 30.8. The molecule has 2 rings (SSSR count). The van der Waals surface area contributed by atoms with Crippen LogP contribution in [-0.2, 0) is 4.79 Å². The van der Waals surface area contributed by atoms with Crippen LogP contribution >= 0.6 is 0 Å². The molecule has 17 heavy (non-hydrogen) atoms. The van der Waals surface area contributed by atoms with Gasteiger partial charge in [-0.25, -0.2) is 0 Å². The summed E-state index contributed by atoms with van der Waals surface area (Å²) in [4.78, 5) is 16.6. The molecule has 2 saturated heterocycles. The third-order valence-electron chi connectivity index (χ3n) is 4.13. The van der Waals surface area contributed by atoms with Gasteiger partial charge in [0.15, 0.2) is 0 Å². The lowest BCUT2D eigenvalue weighted by Gasteiger charge is -2.34. The van der Waals surface area contributed by atoms with Gasteiger partial charge in [-0.1, -0.05) is 0 Å². The summed E-state index contributed by atoms with van der Waals surface area (Å²) >= 11 is 0. The van der Waals surface area contributed by atoms with E-state index in [1.807, 2.05) is 0 Å². The Balaban J connectivity index is 1.75. The molecule has 2 atom stereocenters. The minimum Gasteiger partial charge on any atom is -0.340 e. The van der Waals surface area contributed by atoms with Gasteiger partial charge in [0.25, 0.3) is 0 Å². The Bertz CT molecular complexity index is 269. The van der Waals surface area contributed by atoms with E-state index >= 15 is 0 Å². The zero-order valence-corrected chi connectivity index (χ0v) is 11.1. The standard InChI is InChI=1S/C13H25N3O/c1-11-4-3-7-16(11)13(17)5-8-15-9-6-14-10-12(15)2/h11-12,14H,3-10H2,1-2H3/t11?,12-/m0/s1. The largest absolute Gasteiger partial charge is 0.340 e. The van der Waals surface area contributed by atoms with Gasteiger partial charge in [0, 0.05) is 51.2 Å². The van der Waals surface area contributed by atoms with E-state index in [2.05, 4.69) is 29.0 Å². The van der Waals surface area contributed by atoms with Crippen molar-refractivity contribution in [1.29, 1.82) is 0 Å². The molecule has 0 saturated carbocycles. The van der Waals surface area contributed by atoms with E-state index in [4.69, 9.17) is 0 Å². The first-order valence-corrected chi connectivity index (χ1v) is 6.92. The maximum Gasteiger partial charge on any atom is 0.224 e. The Morgan fingerprint density at radius 3 is 2.76 bits per heavy atom. The van der Waals surface area contributed by atoms with Crippen molar-refractivity contribution in [2.24, 2.45) is 0 Å². The summed E-state index contributed by atoms with van der Waals surface area (Å²) < 4.78 is 0. The molecule has 2 aliphatic rings. The van der Waals surface area contributed by atoms with Gasteiger partial charge in [0.2, 0.25) is 5.91 Å². The molecular formula is C13H25N3O. The summed E-state index contributed by atoms with van der Waals surface area (Å²) in [6.07, 6.45) is 3.04. The van der Waals surface area contributed by atoms with Crippen molar-refractivity contribution < 1.29 is 4.79 Å². The van der Waals surface area contributed by atoms with Crippen LogP contribution in [0.5, 0.6) is 0 Å². The van der Waals surface area contributed by atoms with E-state index in [9.17, 15) is 4.79 Å². The quantitative estimate of drug-likeness (QED) is 0.787. The van der Waals surface area contributed by atoms with Crippen LogP contribution in [0.1, 0.15) is 33.1 Å². The fourth-order valence-corrected chi connectivity index (χ4v) is 2.90. The summed E-state index contributed by atoms with van der Waals surface area (Å²) in [5, 5.41) is 3.38. The van der Waals surface area contributed by atoms with Gasteiger partial charge in [-0.2, -0.15) is 0 Å². The third kappa shape index (κ3) is 3.19. The topological polar surface area (TPSA) is 35.6 Å². The van der Waals surface area contributed by atoms with Crippen molar-refractivity contribution in [2.75, 3.05) is 32.7 Å². The van der Waals surface area contributed by atoms with Gasteiger partial charge in [0.1, 0.15) is 0 Å². The van der Waals surface area contributed by atoms with Crippen LogP contribution in [0.15, 0.2) is 0 Å². The number of nitrogens with one attached hydrogen (secondary N) is 1. The molecule has 0 aromatic heterocycles. The van der Waals surface area contributed by atoms with Gasteiger partial charge in [-0.05, 0) is 26.7 Å². The van der Waals surface area contributed by atoms with Crippen LogP contribution in [0, 0.1) is 0 Å². The number of hydrogen-bond donors (Lipinski definition) is 1. The molecule has 1 amide bonds. The van der Waals surface area contributed by atoms with E-state index in [1.165, 1.54) is 12.8 Å². The number of likely N-dealkylation sites (tertiary alicyclic amines) is 1. The van der Waals surface area contributed by atoms with E-state index in [0.29, 0.717) is 24.4 Å². The van der Waals surface area contributed by atoms with Crippen molar-refractivity contribution in [3.05, 3.63) is 0 Å². The molecule has 98 valence electrons. The SMILES string of the molecule is CC1CCCN1C(=O)CCN1CCNC[C@@H]1C. The molecule has 1 unspecified atom stereocenters. The highest BCUT2D eigenvalue weighted by molar-refractivity contribution is 5.77. The second kappa shape index (κ2) is 5.83. The van der Waals surface area contributed by atoms with Crippen molar-refractivity contribution in [2.45, 2.75) is 45.2 Å². The maximum atomic E-state index is 12.1. The molecule has 0 spiro atoms. The maximum absolute atomic E-state index is 12.1. The summed E-state index contributed by atoms with van der Waals surface area (Å²) in [6, 6.07) is 1.02. The van der Waals surface area contributed by atoms with Gasteiger partial charge < -0.3 is 10.2 Å². The predicted molar refractivity (Wildman–Crippen MR) is 68.9 cm³/mol. The Kier molecular flexibility index (Phi) is 4.40. The van der Waals surface area contributed by atoms with Crippen molar-refractivity contribution >= 4 is 5.91 Å². The van der Waals surface area contributed by atoms with Crippen LogP contribution in [0.2, 0.25) is 0 Å². The number of amides is 1. The number of piperazine rings is 1. The van der Waals surface area contributed by atoms with Gasteiger partial charge in [0.05, 0.1) is 0 Å². The monoisotopic (exact) mass is 239 g/mol. The predicted octanol–water partition coefficient (Wildman–Crippen LogP) is 0.681. The molecule has 0 aliphatic carbocycles. The molecule has 2 fully saturated rings. The van der Waals surface area contributed by atoms with Gasteiger partial charge >= 0.3 is 0 Å².